The van der Waals surface area contributed by atoms with Crippen molar-refractivity contribution >= 4 is 56.2 Å². The first-order valence-corrected chi connectivity index (χ1v) is 20.7. The molecule has 0 fully saturated rings. The molecule has 0 aromatic carbocycles. The highest BCUT2D eigenvalue weighted by molar-refractivity contribution is 6.75. The summed E-state index contributed by atoms with van der Waals surface area (Å²) in [7, 11) is -3.80. The van der Waals surface area contributed by atoms with Gasteiger partial charge in [0.05, 0.1) is 11.5 Å². The van der Waals surface area contributed by atoms with Crippen LogP contribution in [0.1, 0.15) is 82.1 Å². The molecule has 0 aromatic heterocycles. The Kier molecular flexibility index (Phi) is 16.5. The van der Waals surface area contributed by atoms with E-state index in [1.165, 1.54) is 0 Å². The van der Waals surface area contributed by atoms with E-state index in [4.69, 9.17) is 31.3 Å². The number of hydrogen-bond acceptors (Lipinski definition) is 7. The fourth-order valence-electron chi connectivity index (χ4n) is 2.47. The summed E-state index contributed by atoms with van der Waals surface area (Å²) in [6, 6.07) is 1.99. The van der Waals surface area contributed by atoms with Gasteiger partial charge in [0, 0.05) is 0 Å². The van der Waals surface area contributed by atoms with E-state index in [9.17, 15) is 0 Å². The molecule has 192 valence electrons. The minimum Gasteiger partial charge on any atom is -0.431 e. The second-order valence-electron chi connectivity index (χ2n) is 10.5. The van der Waals surface area contributed by atoms with Gasteiger partial charge >= 0.3 is 20.0 Å². The first-order chi connectivity index (χ1) is 15.2. The summed E-state index contributed by atoms with van der Waals surface area (Å²) in [4.78, 5) is 0. The fraction of sp³-hybridized carbons (Fsp3) is 1.00. The van der Waals surface area contributed by atoms with Gasteiger partial charge in [-0.1, -0.05) is 69.2 Å². The first kappa shape index (κ1) is 34.0. The first-order valence-electron chi connectivity index (χ1n) is 11.9. The number of rotatable bonds is 18. The molecule has 0 rings (SSSR count). The molecule has 0 amide bonds. The highest BCUT2D eigenvalue weighted by Gasteiger charge is 2.43. The summed E-state index contributed by atoms with van der Waals surface area (Å²) in [6.45, 7) is 26.2. The monoisotopic (exact) mass is 566 g/mol. The summed E-state index contributed by atoms with van der Waals surface area (Å²) in [5, 5.41) is 0.219. The molecule has 8 radical (unpaired) electrons. The van der Waals surface area contributed by atoms with Crippen LogP contribution in [0.2, 0.25) is 35.3 Å². The van der Waals surface area contributed by atoms with Crippen LogP contribution in [0.4, 0.5) is 0 Å². The summed E-state index contributed by atoms with van der Waals surface area (Å²) in [5.41, 5.74) is 0.0218. The SMILES string of the molecule is CCC(OC(CC)[Si]O[Si]OO[Si](C)(CC)C(C)(C)C)[Si]O[Si]OO[Si](C)(CC)C(C)(C)C. The maximum absolute atomic E-state index is 6.20. The van der Waals surface area contributed by atoms with Gasteiger partial charge in [-0.05, 0) is 48.1 Å². The lowest BCUT2D eigenvalue weighted by Gasteiger charge is -2.36. The van der Waals surface area contributed by atoms with E-state index in [2.05, 4.69) is 82.3 Å². The number of hydrogen-bond donors (Lipinski definition) is 0. The molecule has 0 aliphatic carbocycles. The Hall–Kier alpha value is 1.02. The van der Waals surface area contributed by atoms with Crippen molar-refractivity contribution in [3.8, 4) is 0 Å². The highest BCUT2D eigenvalue weighted by Crippen LogP contribution is 2.40. The maximum Gasteiger partial charge on any atom is 0.459 e. The second kappa shape index (κ2) is 16.0. The minimum atomic E-state index is -1.95. The van der Waals surface area contributed by atoms with E-state index in [0.717, 1.165) is 24.9 Å². The highest BCUT2D eigenvalue weighted by atomic mass is 28.4. The van der Waals surface area contributed by atoms with Crippen molar-refractivity contribution in [3.05, 3.63) is 0 Å². The Morgan fingerprint density at radius 1 is 0.636 bits per heavy atom. The molecule has 7 nitrogen and oxygen atoms in total. The van der Waals surface area contributed by atoms with Crippen LogP contribution in [0.25, 0.3) is 0 Å². The van der Waals surface area contributed by atoms with Gasteiger partial charge in [0.2, 0.25) is 36.2 Å². The van der Waals surface area contributed by atoms with Crippen molar-refractivity contribution in [2.24, 2.45) is 0 Å². The average Bonchev–Trinajstić information content (AvgIpc) is 2.74. The van der Waals surface area contributed by atoms with Crippen molar-refractivity contribution in [2.45, 2.75) is 129 Å². The zero-order valence-electron chi connectivity index (χ0n) is 22.8. The van der Waals surface area contributed by atoms with Crippen LogP contribution in [0.5, 0.6) is 0 Å². The standard InChI is InChI=1S/C20H46O7Si6/c1-13-17(28-26-30-22-24-32(11,15-3)19(5,6)7)21-18(14-2)29-27-31-23-25-33(12,16-4)20(8,9)10/h17-18H,13-16H2,1-12H3. The molecule has 4 atom stereocenters. The third-order valence-electron chi connectivity index (χ3n) is 6.58. The molecule has 0 N–H and O–H groups in total. The van der Waals surface area contributed by atoms with Crippen LogP contribution in [0, 0.1) is 0 Å². The van der Waals surface area contributed by atoms with E-state index >= 15 is 0 Å². The van der Waals surface area contributed by atoms with Gasteiger partial charge in [-0.3, -0.25) is 18.3 Å². The van der Waals surface area contributed by atoms with Gasteiger partial charge in [-0.2, -0.15) is 0 Å². The van der Waals surface area contributed by atoms with E-state index in [1.807, 2.05) is 0 Å². The van der Waals surface area contributed by atoms with E-state index in [-0.39, 0.29) is 61.1 Å². The molecule has 0 aromatic rings. The molecule has 33 heavy (non-hydrogen) atoms. The van der Waals surface area contributed by atoms with Gasteiger partial charge in [0.25, 0.3) is 0 Å². The molecule has 0 heterocycles. The zero-order chi connectivity index (χ0) is 25.8. The van der Waals surface area contributed by atoms with Crippen LogP contribution in [0.15, 0.2) is 0 Å². The largest absolute Gasteiger partial charge is 0.459 e. The van der Waals surface area contributed by atoms with Crippen molar-refractivity contribution < 1.29 is 31.3 Å². The molecule has 0 saturated carbocycles. The zero-order valence-corrected chi connectivity index (χ0v) is 28.8. The van der Waals surface area contributed by atoms with E-state index in [0.29, 0.717) is 0 Å². The van der Waals surface area contributed by atoms with Crippen LogP contribution in [0.3, 0.4) is 0 Å². The second-order valence-corrected chi connectivity index (χ2v) is 24.3. The van der Waals surface area contributed by atoms with Crippen molar-refractivity contribution in [2.75, 3.05) is 0 Å². The van der Waals surface area contributed by atoms with Crippen molar-refractivity contribution in [3.63, 3.8) is 0 Å². The lowest BCUT2D eigenvalue weighted by atomic mass is 10.2. The molecular formula is C20H46O7Si6. The number of ether oxygens (including phenoxy) is 1. The van der Waals surface area contributed by atoms with Crippen LogP contribution in [-0.2, 0) is 31.3 Å². The van der Waals surface area contributed by atoms with Crippen LogP contribution in [-0.4, -0.2) is 67.6 Å². The molecular weight excluding hydrogens is 521 g/mol. The van der Waals surface area contributed by atoms with Crippen LogP contribution >= 0.6 is 0 Å². The average molecular weight is 567 g/mol. The molecule has 13 heteroatoms. The molecule has 0 aliphatic rings. The lowest BCUT2D eigenvalue weighted by Crippen LogP contribution is -2.44. The molecule has 4 unspecified atom stereocenters. The van der Waals surface area contributed by atoms with Gasteiger partial charge in [0.15, 0.2) is 0 Å². The predicted octanol–water partition coefficient (Wildman–Crippen LogP) is 5.50. The fourth-order valence-corrected chi connectivity index (χ4v) is 9.69. The summed E-state index contributed by atoms with van der Waals surface area (Å²) in [5.74, 6) is 0. The van der Waals surface area contributed by atoms with E-state index < -0.39 is 16.6 Å². The molecule has 0 saturated heterocycles. The quantitative estimate of drug-likeness (QED) is 0.0939. The summed E-state index contributed by atoms with van der Waals surface area (Å²) < 4.78 is 40.3. The Balaban J connectivity index is 4.28. The van der Waals surface area contributed by atoms with Gasteiger partial charge in [-0.15, -0.1) is 0 Å². The Morgan fingerprint density at radius 2 is 0.970 bits per heavy atom. The topological polar surface area (TPSA) is 64.6 Å². The normalized spacial score (nSPS) is 18.5. The van der Waals surface area contributed by atoms with Crippen molar-refractivity contribution in [1.82, 2.24) is 0 Å². The molecule has 0 spiro atoms. The Morgan fingerprint density at radius 3 is 1.21 bits per heavy atom. The third-order valence-corrected chi connectivity index (χ3v) is 20.4. The van der Waals surface area contributed by atoms with Crippen LogP contribution < -0.4 is 0 Å². The Bertz CT molecular complexity index is 476. The Labute approximate surface area is 215 Å². The summed E-state index contributed by atoms with van der Waals surface area (Å²) in [6.07, 6.45) is 1.73. The molecule has 0 aliphatic heterocycles. The minimum absolute atomic E-state index is 0.0109. The smallest absolute Gasteiger partial charge is 0.431 e. The van der Waals surface area contributed by atoms with E-state index in [1.54, 1.807) is 0 Å². The van der Waals surface area contributed by atoms with Gasteiger partial charge in [0.1, 0.15) is 0 Å². The maximum atomic E-state index is 6.20. The third kappa shape index (κ3) is 12.2. The van der Waals surface area contributed by atoms with Crippen molar-refractivity contribution in [1.29, 1.82) is 0 Å². The van der Waals surface area contributed by atoms with Gasteiger partial charge in [-0.25, -0.2) is 0 Å². The predicted molar refractivity (Wildman–Crippen MR) is 142 cm³/mol. The summed E-state index contributed by atoms with van der Waals surface area (Å²) >= 11 is 0. The lowest BCUT2D eigenvalue weighted by molar-refractivity contribution is -0.128. The van der Waals surface area contributed by atoms with Gasteiger partial charge < -0.3 is 13.0 Å². The molecule has 0 bridgehead atoms.